The predicted molar refractivity (Wildman–Crippen MR) is 124 cm³/mol. The SMILES string of the molecule is CCN(CC)CCN(C(=O)c1ccccc1Cl)c1nc2c(OC)cccc2s1.Cl. The summed E-state index contributed by atoms with van der Waals surface area (Å²) in [5.41, 5.74) is 1.25. The number of rotatable bonds is 8. The molecule has 0 fully saturated rings. The second-order valence-electron chi connectivity index (χ2n) is 6.27. The monoisotopic (exact) mass is 453 g/mol. The summed E-state index contributed by atoms with van der Waals surface area (Å²) in [4.78, 5) is 22.1. The Balaban J connectivity index is 0.00000300. The highest BCUT2D eigenvalue weighted by Crippen LogP contribution is 2.35. The maximum Gasteiger partial charge on any atom is 0.261 e. The Labute approximate surface area is 186 Å². The molecule has 0 unspecified atom stereocenters. The molecule has 3 rings (SSSR count). The van der Waals surface area contributed by atoms with E-state index in [1.807, 2.05) is 30.3 Å². The summed E-state index contributed by atoms with van der Waals surface area (Å²) in [6.45, 7) is 7.39. The highest BCUT2D eigenvalue weighted by Gasteiger charge is 2.24. The van der Waals surface area contributed by atoms with Gasteiger partial charge < -0.3 is 9.64 Å². The van der Waals surface area contributed by atoms with Crippen molar-refractivity contribution < 1.29 is 9.53 Å². The molecule has 0 aliphatic rings. The number of para-hydroxylation sites is 1. The van der Waals surface area contributed by atoms with Gasteiger partial charge in [-0.15, -0.1) is 12.4 Å². The summed E-state index contributed by atoms with van der Waals surface area (Å²) in [6, 6.07) is 12.9. The number of amides is 1. The number of aromatic nitrogens is 1. The van der Waals surface area contributed by atoms with Gasteiger partial charge in [0.1, 0.15) is 11.3 Å². The summed E-state index contributed by atoms with van der Waals surface area (Å²) in [6.07, 6.45) is 0. The molecule has 0 N–H and O–H groups in total. The normalized spacial score (nSPS) is 10.8. The molecule has 0 radical (unpaired) electrons. The van der Waals surface area contributed by atoms with Crippen LogP contribution in [0.4, 0.5) is 5.13 Å². The maximum absolute atomic E-state index is 13.3. The molecule has 8 heteroatoms. The number of nitrogens with zero attached hydrogens (tertiary/aromatic N) is 3. The predicted octanol–water partition coefficient (Wildman–Crippen LogP) is 5.37. The number of halogens is 2. The summed E-state index contributed by atoms with van der Waals surface area (Å²) >= 11 is 7.78. The van der Waals surface area contributed by atoms with Crippen LogP contribution in [0.25, 0.3) is 10.2 Å². The summed E-state index contributed by atoms with van der Waals surface area (Å²) in [5.74, 6) is 0.560. The first-order valence-corrected chi connectivity index (χ1v) is 10.5. The largest absolute Gasteiger partial charge is 0.494 e. The summed E-state index contributed by atoms with van der Waals surface area (Å²) in [7, 11) is 1.63. The highest BCUT2D eigenvalue weighted by atomic mass is 35.5. The fourth-order valence-electron chi connectivity index (χ4n) is 3.04. The number of carbonyl (C=O) groups is 1. The van der Waals surface area contributed by atoms with Crippen LogP contribution >= 0.6 is 35.3 Å². The van der Waals surface area contributed by atoms with Crippen LogP contribution in [-0.2, 0) is 0 Å². The summed E-state index contributed by atoms with van der Waals surface area (Å²) < 4.78 is 6.41. The third-order valence-electron chi connectivity index (χ3n) is 4.71. The first kappa shape index (κ1) is 23.4. The number of likely N-dealkylation sites (N-methyl/N-ethyl adjacent to an activating group) is 1. The van der Waals surface area contributed by atoms with Crippen molar-refractivity contribution in [1.29, 1.82) is 0 Å². The molecular formula is C21H25Cl2N3O2S. The molecule has 156 valence electrons. The lowest BCUT2D eigenvalue weighted by atomic mass is 10.2. The zero-order chi connectivity index (χ0) is 20.1. The molecule has 0 bridgehead atoms. The van der Waals surface area contributed by atoms with E-state index in [9.17, 15) is 4.79 Å². The van der Waals surface area contributed by atoms with E-state index in [0.717, 1.165) is 29.9 Å². The topological polar surface area (TPSA) is 45.7 Å². The van der Waals surface area contributed by atoms with Gasteiger partial charge in [-0.05, 0) is 37.4 Å². The molecular weight excluding hydrogens is 429 g/mol. The van der Waals surface area contributed by atoms with Crippen LogP contribution in [0.5, 0.6) is 5.75 Å². The van der Waals surface area contributed by atoms with E-state index in [4.69, 9.17) is 21.3 Å². The van der Waals surface area contributed by atoms with E-state index in [-0.39, 0.29) is 18.3 Å². The first-order valence-electron chi connectivity index (χ1n) is 9.31. The van der Waals surface area contributed by atoms with E-state index >= 15 is 0 Å². The van der Waals surface area contributed by atoms with E-state index in [1.165, 1.54) is 11.3 Å². The van der Waals surface area contributed by atoms with Crippen molar-refractivity contribution in [3.05, 3.63) is 53.1 Å². The van der Waals surface area contributed by atoms with E-state index in [2.05, 4.69) is 18.7 Å². The van der Waals surface area contributed by atoms with E-state index < -0.39 is 0 Å². The van der Waals surface area contributed by atoms with Gasteiger partial charge in [-0.1, -0.05) is 55.0 Å². The summed E-state index contributed by atoms with van der Waals surface area (Å²) in [5, 5.41) is 1.09. The van der Waals surface area contributed by atoms with Gasteiger partial charge in [0, 0.05) is 13.1 Å². The second kappa shape index (κ2) is 10.8. The van der Waals surface area contributed by atoms with Gasteiger partial charge in [-0.3, -0.25) is 9.69 Å². The van der Waals surface area contributed by atoms with Gasteiger partial charge in [0.25, 0.3) is 5.91 Å². The third-order valence-corrected chi connectivity index (χ3v) is 6.08. The molecule has 0 saturated carbocycles. The van der Waals surface area contributed by atoms with Gasteiger partial charge in [0.2, 0.25) is 0 Å². The number of thiazole rings is 1. The Kier molecular flexibility index (Phi) is 8.71. The molecule has 0 aliphatic heterocycles. The van der Waals surface area contributed by atoms with Crippen LogP contribution in [0, 0.1) is 0 Å². The zero-order valence-corrected chi connectivity index (χ0v) is 19.1. The molecule has 1 aromatic heterocycles. The lowest BCUT2D eigenvalue weighted by molar-refractivity contribution is 0.0984. The fraction of sp³-hybridized carbons (Fsp3) is 0.333. The Hall–Kier alpha value is -1.86. The van der Waals surface area contributed by atoms with Gasteiger partial charge in [-0.2, -0.15) is 0 Å². The van der Waals surface area contributed by atoms with Gasteiger partial charge in [0.05, 0.1) is 22.4 Å². The van der Waals surface area contributed by atoms with Crippen molar-refractivity contribution in [1.82, 2.24) is 9.88 Å². The molecule has 2 aromatic carbocycles. The van der Waals surface area contributed by atoms with Gasteiger partial charge in [-0.25, -0.2) is 4.98 Å². The lowest BCUT2D eigenvalue weighted by Gasteiger charge is -2.25. The molecule has 1 amide bonds. The second-order valence-corrected chi connectivity index (χ2v) is 7.68. The van der Waals surface area contributed by atoms with Crippen LogP contribution in [0.3, 0.4) is 0 Å². The Morgan fingerprint density at radius 1 is 1.10 bits per heavy atom. The zero-order valence-electron chi connectivity index (χ0n) is 16.7. The minimum atomic E-state index is -0.143. The van der Waals surface area contributed by atoms with Crippen molar-refractivity contribution in [2.45, 2.75) is 13.8 Å². The lowest BCUT2D eigenvalue weighted by Crippen LogP contribution is -2.39. The van der Waals surface area contributed by atoms with Crippen LogP contribution in [0.1, 0.15) is 24.2 Å². The standard InChI is InChI=1S/C21H24ClN3O2S.ClH/c1-4-24(5-2)13-14-25(20(26)15-9-6-7-10-16(15)22)21-23-19-17(27-3)11-8-12-18(19)28-21;/h6-12H,4-5,13-14H2,1-3H3;1H. The number of ether oxygens (including phenoxy) is 1. The number of anilines is 1. The number of hydrogen-bond donors (Lipinski definition) is 0. The first-order chi connectivity index (χ1) is 13.6. The molecule has 3 aromatic rings. The maximum atomic E-state index is 13.3. The minimum absolute atomic E-state index is 0. The smallest absolute Gasteiger partial charge is 0.261 e. The molecule has 0 spiro atoms. The van der Waals surface area contributed by atoms with E-state index in [1.54, 1.807) is 24.1 Å². The van der Waals surface area contributed by atoms with Crippen LogP contribution in [-0.4, -0.2) is 49.1 Å². The Morgan fingerprint density at radius 3 is 2.48 bits per heavy atom. The van der Waals surface area contributed by atoms with Crippen molar-refractivity contribution in [2.75, 3.05) is 38.2 Å². The van der Waals surface area contributed by atoms with Crippen molar-refractivity contribution in [3.8, 4) is 5.75 Å². The Bertz CT molecular complexity index is 960. The van der Waals surface area contributed by atoms with Crippen molar-refractivity contribution >= 4 is 56.6 Å². The number of methoxy groups -OCH3 is 1. The van der Waals surface area contributed by atoms with E-state index in [0.29, 0.717) is 28.0 Å². The molecule has 0 atom stereocenters. The number of benzene rings is 2. The Morgan fingerprint density at radius 2 is 1.83 bits per heavy atom. The molecule has 0 saturated heterocycles. The molecule has 1 heterocycles. The molecule has 5 nitrogen and oxygen atoms in total. The third kappa shape index (κ3) is 5.20. The average molecular weight is 454 g/mol. The van der Waals surface area contributed by atoms with Crippen LogP contribution in [0.2, 0.25) is 5.02 Å². The van der Waals surface area contributed by atoms with Crippen LogP contribution < -0.4 is 9.64 Å². The number of fused-ring (bicyclic) bond motifs is 1. The van der Waals surface area contributed by atoms with Gasteiger partial charge >= 0.3 is 0 Å². The molecule has 0 aliphatic carbocycles. The molecule has 29 heavy (non-hydrogen) atoms. The van der Waals surface area contributed by atoms with Crippen LogP contribution in [0.15, 0.2) is 42.5 Å². The minimum Gasteiger partial charge on any atom is -0.494 e. The van der Waals surface area contributed by atoms with Crippen molar-refractivity contribution in [2.24, 2.45) is 0 Å². The highest BCUT2D eigenvalue weighted by molar-refractivity contribution is 7.22. The van der Waals surface area contributed by atoms with Gasteiger partial charge in [0.15, 0.2) is 5.13 Å². The fourth-order valence-corrected chi connectivity index (χ4v) is 4.26. The number of carbonyl (C=O) groups excluding carboxylic acids is 1. The van der Waals surface area contributed by atoms with Crippen molar-refractivity contribution in [3.63, 3.8) is 0 Å². The quantitative estimate of drug-likeness (QED) is 0.459. The average Bonchev–Trinajstić information content (AvgIpc) is 3.15. The number of hydrogen-bond acceptors (Lipinski definition) is 5.